The van der Waals surface area contributed by atoms with Crippen LogP contribution in [-0.2, 0) is 37.0 Å². The number of benzene rings is 2. The summed E-state index contributed by atoms with van der Waals surface area (Å²) in [5.41, 5.74) is 3.40. The van der Waals surface area contributed by atoms with Crippen LogP contribution in [0.3, 0.4) is 0 Å². The van der Waals surface area contributed by atoms with Gasteiger partial charge in [-0.05, 0) is 79.3 Å². The van der Waals surface area contributed by atoms with Gasteiger partial charge in [-0.3, -0.25) is 38.1 Å². The lowest BCUT2D eigenvalue weighted by Gasteiger charge is -2.28. The molecule has 1 aliphatic rings. The molecule has 0 spiro atoms. The van der Waals surface area contributed by atoms with E-state index in [9.17, 15) is 28.8 Å². The monoisotopic (exact) mass is 1070 g/mol. The second-order valence-electron chi connectivity index (χ2n) is 20.9. The van der Waals surface area contributed by atoms with E-state index < -0.39 is 5.97 Å². The second kappa shape index (κ2) is 31.3. The van der Waals surface area contributed by atoms with Crippen molar-refractivity contribution >= 4 is 35.4 Å². The summed E-state index contributed by atoms with van der Waals surface area (Å²) in [6.07, 6.45) is 8.96. The molecule has 4 amide bonds. The Labute approximate surface area is 455 Å². The maximum absolute atomic E-state index is 13.6. The quantitative estimate of drug-likeness (QED) is 0.0454. The minimum atomic E-state index is -0.534. The Morgan fingerprint density at radius 2 is 1.14 bits per heavy atom. The van der Waals surface area contributed by atoms with E-state index in [4.69, 9.17) is 18.9 Å². The van der Waals surface area contributed by atoms with Crippen LogP contribution in [0.4, 0.5) is 0 Å². The number of nitrogens with zero attached hydrogens (tertiary/aromatic N) is 5. The number of ether oxygens (including phenoxy) is 5. The minimum absolute atomic E-state index is 0.0162. The van der Waals surface area contributed by atoms with Crippen LogP contribution in [0, 0.1) is 23.7 Å². The summed E-state index contributed by atoms with van der Waals surface area (Å²) in [4.78, 5) is 77.1. The third-order valence-electron chi connectivity index (χ3n) is 13.4. The largest absolute Gasteiger partial charge is 0.496 e. The zero-order valence-electron chi connectivity index (χ0n) is 47.9. The number of esters is 1. The predicted molar refractivity (Wildman–Crippen MR) is 296 cm³/mol. The molecule has 19 nitrogen and oxygen atoms in total. The van der Waals surface area contributed by atoms with Gasteiger partial charge in [0.25, 0.3) is 11.8 Å². The van der Waals surface area contributed by atoms with E-state index in [0.29, 0.717) is 72.5 Å². The fourth-order valence-corrected chi connectivity index (χ4v) is 9.44. The fourth-order valence-electron chi connectivity index (χ4n) is 9.44. The third kappa shape index (κ3) is 18.9. The first-order valence-electron chi connectivity index (χ1n) is 27.1. The molecule has 5 rings (SSSR count). The molecule has 1 saturated carbocycles. The van der Waals surface area contributed by atoms with Gasteiger partial charge in [-0.15, -0.1) is 0 Å². The van der Waals surface area contributed by atoms with E-state index in [1.54, 1.807) is 64.1 Å². The van der Waals surface area contributed by atoms with Gasteiger partial charge in [0.1, 0.15) is 29.5 Å². The first-order valence-corrected chi connectivity index (χ1v) is 27.1. The highest BCUT2D eigenvalue weighted by molar-refractivity contribution is 5.96. The Balaban J connectivity index is 0.000000334. The summed E-state index contributed by atoms with van der Waals surface area (Å²) in [6, 6.07) is 13.8. The smallest absolute Gasteiger partial charge is 0.325 e. The van der Waals surface area contributed by atoms with E-state index in [0.717, 1.165) is 17.7 Å². The van der Waals surface area contributed by atoms with Crippen molar-refractivity contribution in [3.63, 3.8) is 0 Å². The lowest BCUT2D eigenvalue weighted by Crippen LogP contribution is -2.42. The average Bonchev–Trinajstić information content (AvgIpc) is 4.05. The zero-order valence-corrected chi connectivity index (χ0v) is 47.9. The van der Waals surface area contributed by atoms with Crippen LogP contribution in [0.15, 0.2) is 48.5 Å². The number of hydrogen-bond acceptors (Lipinski definition) is 13. The average molecular weight is 1070 g/mol. The number of aromatic nitrogens is 4. The van der Waals surface area contributed by atoms with Crippen LogP contribution < -0.4 is 34.9 Å². The van der Waals surface area contributed by atoms with Gasteiger partial charge in [0.2, 0.25) is 11.8 Å². The molecule has 3 N–H and O–H groups in total. The number of Topliss-reactive ketones (excluding diaryl/α,β-unsaturated/α-hetero) is 1. The van der Waals surface area contributed by atoms with Crippen LogP contribution in [0.25, 0.3) is 22.5 Å². The van der Waals surface area contributed by atoms with Crippen molar-refractivity contribution in [2.45, 2.75) is 144 Å². The summed E-state index contributed by atoms with van der Waals surface area (Å²) in [5.74, 6) is 2.12. The number of rotatable bonds is 28. The van der Waals surface area contributed by atoms with Gasteiger partial charge in [0, 0.05) is 51.5 Å². The van der Waals surface area contributed by atoms with Crippen LogP contribution in [0.5, 0.6) is 23.0 Å². The SMILES string of the molecule is CCC(=O)CNC(=O)CC(CCC1CCCCC1)NC(=O)c1cc(-c2c(OC)cccc2OC)n(CC(C)C)n1.COC(=O)CNC(=O)CC(CC(C)C)N(C)C(=O)c1cc(-c2c(OC)cccc2OC)n(CC(C)C)n1. The lowest BCUT2D eigenvalue weighted by molar-refractivity contribution is -0.141. The number of methoxy groups -OCH3 is 5. The van der Waals surface area contributed by atoms with Crippen molar-refractivity contribution in [3.05, 3.63) is 59.9 Å². The second-order valence-corrected chi connectivity index (χ2v) is 20.9. The zero-order chi connectivity index (χ0) is 56.8. The maximum Gasteiger partial charge on any atom is 0.325 e. The Kier molecular flexibility index (Phi) is 25.5. The molecule has 1 aliphatic carbocycles. The van der Waals surface area contributed by atoms with Crippen LogP contribution in [0.1, 0.15) is 140 Å². The molecule has 2 unspecified atom stereocenters. The Morgan fingerprint density at radius 3 is 1.61 bits per heavy atom. The van der Waals surface area contributed by atoms with Crippen molar-refractivity contribution in [2.75, 3.05) is 55.7 Å². The molecule has 0 bridgehead atoms. The number of ketones is 1. The summed E-state index contributed by atoms with van der Waals surface area (Å²) >= 11 is 0. The molecule has 1 fully saturated rings. The Bertz CT molecular complexity index is 2520. The maximum atomic E-state index is 13.6. The van der Waals surface area contributed by atoms with Gasteiger partial charge < -0.3 is 44.5 Å². The number of carbonyl (C=O) groups is 6. The van der Waals surface area contributed by atoms with Gasteiger partial charge in [0.15, 0.2) is 17.2 Å². The van der Waals surface area contributed by atoms with E-state index >= 15 is 0 Å². The highest BCUT2D eigenvalue weighted by Gasteiger charge is 2.30. The molecule has 2 aromatic carbocycles. The van der Waals surface area contributed by atoms with Crippen molar-refractivity contribution in [1.29, 1.82) is 0 Å². The Morgan fingerprint density at radius 1 is 0.662 bits per heavy atom. The third-order valence-corrected chi connectivity index (χ3v) is 13.4. The normalized spacial score (nSPS) is 13.2. The van der Waals surface area contributed by atoms with Gasteiger partial charge in [0.05, 0.1) is 64.6 Å². The number of nitrogens with one attached hydrogen (secondary N) is 3. The molecule has 0 radical (unpaired) electrons. The van der Waals surface area contributed by atoms with Crippen LogP contribution >= 0.6 is 0 Å². The number of carbonyl (C=O) groups excluding carboxylic acids is 6. The van der Waals surface area contributed by atoms with Crippen molar-refractivity contribution in [1.82, 2.24) is 40.4 Å². The molecular formula is C58H86N8O11. The predicted octanol–water partition coefficient (Wildman–Crippen LogP) is 8.56. The van der Waals surface area contributed by atoms with Crippen molar-refractivity contribution in [3.8, 4) is 45.5 Å². The first kappa shape index (κ1) is 62.6. The van der Waals surface area contributed by atoms with Gasteiger partial charge in [-0.1, -0.05) is 92.7 Å². The molecule has 4 aromatic rings. The van der Waals surface area contributed by atoms with Gasteiger partial charge >= 0.3 is 5.97 Å². The van der Waals surface area contributed by atoms with E-state index in [1.165, 1.54) is 39.2 Å². The molecule has 2 aromatic heterocycles. The van der Waals surface area contributed by atoms with Crippen molar-refractivity contribution in [2.24, 2.45) is 23.7 Å². The molecule has 19 heteroatoms. The summed E-state index contributed by atoms with van der Waals surface area (Å²) in [6.45, 7) is 15.1. The van der Waals surface area contributed by atoms with Crippen LogP contribution in [0.2, 0.25) is 0 Å². The molecule has 2 heterocycles. The number of hydrogen-bond donors (Lipinski definition) is 3. The van der Waals surface area contributed by atoms with E-state index in [1.807, 2.05) is 54.9 Å². The first-order chi connectivity index (χ1) is 36.8. The molecule has 424 valence electrons. The fraction of sp³-hybridized carbons (Fsp3) is 0.586. The molecular weight excluding hydrogens is 985 g/mol. The standard InChI is InChI=1S/C31H46N4O5.C27H40N4O6/c1-6-24(36)19-32-29(37)17-23(16-15-22-11-8-7-9-12-22)33-31(38)25-18-26(35(34-25)20-21(2)3)30-27(39-4)13-10-14-28(30)40-5;1-17(2)12-19(13-24(32)28-15-25(33)37-8)30(5)27(34)20-14-21(31(29-20)16-18(3)4)26-22(35-6)10-9-11-23(26)36-7/h10,13-14,18,21-23H,6-9,11-12,15-17,19-20H2,1-5H3,(H,32,37)(H,33,38);9-11,14,17-19H,12-13,15-16H2,1-8H3,(H,28,32). The van der Waals surface area contributed by atoms with Gasteiger partial charge in [-0.2, -0.15) is 10.2 Å². The van der Waals surface area contributed by atoms with Crippen LogP contribution in [-0.4, -0.2) is 128 Å². The van der Waals surface area contributed by atoms with E-state index in [-0.39, 0.29) is 96.6 Å². The number of amides is 4. The summed E-state index contributed by atoms with van der Waals surface area (Å²) in [5, 5.41) is 17.7. The summed E-state index contributed by atoms with van der Waals surface area (Å²) < 4.78 is 30.6. The van der Waals surface area contributed by atoms with E-state index in [2.05, 4.69) is 58.6 Å². The summed E-state index contributed by atoms with van der Waals surface area (Å²) in [7, 11) is 9.31. The Hall–Kier alpha value is -6.92. The minimum Gasteiger partial charge on any atom is -0.496 e. The molecule has 0 saturated heterocycles. The molecule has 0 aliphatic heterocycles. The topological polar surface area (TPSA) is 224 Å². The highest BCUT2D eigenvalue weighted by Crippen LogP contribution is 2.40. The lowest BCUT2D eigenvalue weighted by atomic mass is 9.85. The van der Waals surface area contributed by atoms with Gasteiger partial charge in [-0.25, -0.2) is 0 Å². The molecule has 77 heavy (non-hydrogen) atoms. The van der Waals surface area contributed by atoms with Crippen molar-refractivity contribution < 1.29 is 52.5 Å². The molecule has 2 atom stereocenters. The highest BCUT2D eigenvalue weighted by atomic mass is 16.5.